The summed E-state index contributed by atoms with van der Waals surface area (Å²) in [5.74, 6) is -1.94. The second kappa shape index (κ2) is 8.31. The first-order valence-electron chi connectivity index (χ1n) is 9.56. The maximum Gasteiger partial charge on any atom is 0.268 e. The van der Waals surface area contributed by atoms with Crippen molar-refractivity contribution in [3.8, 4) is 0 Å². The molecule has 1 aromatic carbocycles. The van der Waals surface area contributed by atoms with Gasteiger partial charge in [0, 0.05) is 36.9 Å². The van der Waals surface area contributed by atoms with Crippen molar-refractivity contribution in [2.75, 3.05) is 31.2 Å². The van der Waals surface area contributed by atoms with Crippen LogP contribution in [0, 0.1) is 25.5 Å². The molecule has 1 amide bonds. The summed E-state index contributed by atoms with van der Waals surface area (Å²) in [7, 11) is 0. The van der Waals surface area contributed by atoms with Gasteiger partial charge >= 0.3 is 0 Å². The summed E-state index contributed by atoms with van der Waals surface area (Å²) < 4.78 is 34.4. The number of carbonyl (C=O) groups excluding carboxylic acids is 1. The molecule has 1 aliphatic heterocycles. The van der Waals surface area contributed by atoms with Crippen LogP contribution in [0.15, 0.2) is 18.2 Å². The summed E-state index contributed by atoms with van der Waals surface area (Å²) in [4.78, 5) is 15.2. The average Bonchev–Trinajstić information content (AvgIpc) is 2.88. The van der Waals surface area contributed by atoms with E-state index in [1.807, 2.05) is 32.3 Å². The van der Waals surface area contributed by atoms with E-state index in [1.54, 1.807) is 6.07 Å². The van der Waals surface area contributed by atoms with Crippen molar-refractivity contribution in [1.29, 1.82) is 0 Å². The van der Waals surface area contributed by atoms with Crippen LogP contribution in [0.1, 0.15) is 41.2 Å². The van der Waals surface area contributed by atoms with Gasteiger partial charge in [-0.05, 0) is 45.4 Å². The molecule has 0 bridgehead atoms. The van der Waals surface area contributed by atoms with E-state index in [0.29, 0.717) is 24.5 Å². The highest BCUT2D eigenvalue weighted by molar-refractivity contribution is 5.96. The van der Waals surface area contributed by atoms with Gasteiger partial charge in [0.05, 0.1) is 18.9 Å². The van der Waals surface area contributed by atoms with Crippen LogP contribution < -0.4 is 10.2 Å². The number of carbonyl (C=O) groups is 1. The van der Waals surface area contributed by atoms with Crippen LogP contribution in [0.4, 0.5) is 14.5 Å². The summed E-state index contributed by atoms with van der Waals surface area (Å²) >= 11 is 0. The predicted octanol–water partition coefficient (Wildman–Crippen LogP) is 3.41. The predicted molar refractivity (Wildman–Crippen MR) is 105 cm³/mol. The molecule has 1 aliphatic rings. The second-order valence-electron chi connectivity index (χ2n) is 7.47. The van der Waals surface area contributed by atoms with E-state index in [0.717, 1.165) is 36.1 Å². The van der Waals surface area contributed by atoms with Crippen molar-refractivity contribution in [3.63, 3.8) is 0 Å². The molecule has 1 aromatic heterocycles. The van der Waals surface area contributed by atoms with Gasteiger partial charge in [0.15, 0.2) is 11.6 Å². The normalized spacial score (nSPS) is 14.6. The third kappa shape index (κ3) is 4.04. The SMILES string of the molecule is Cc1c(N2CCOCC2)c(C)n(Cc2ccc(F)c(F)c2)c1C(=O)NC(C)C. The highest BCUT2D eigenvalue weighted by Crippen LogP contribution is 2.32. The molecular weight excluding hydrogens is 364 g/mol. The Labute approximate surface area is 164 Å². The van der Waals surface area contributed by atoms with Crippen molar-refractivity contribution < 1.29 is 18.3 Å². The van der Waals surface area contributed by atoms with Crippen molar-refractivity contribution >= 4 is 11.6 Å². The lowest BCUT2D eigenvalue weighted by Gasteiger charge is -2.29. The number of amides is 1. The molecule has 0 aliphatic carbocycles. The van der Waals surface area contributed by atoms with Crippen molar-refractivity contribution in [1.82, 2.24) is 9.88 Å². The van der Waals surface area contributed by atoms with Crippen molar-refractivity contribution in [3.05, 3.63) is 52.3 Å². The van der Waals surface area contributed by atoms with E-state index in [1.165, 1.54) is 6.07 Å². The second-order valence-corrected chi connectivity index (χ2v) is 7.47. The minimum absolute atomic E-state index is 0.00865. The lowest BCUT2D eigenvalue weighted by molar-refractivity contribution is 0.0933. The Morgan fingerprint density at radius 2 is 1.86 bits per heavy atom. The van der Waals surface area contributed by atoms with Gasteiger partial charge in [-0.1, -0.05) is 6.07 Å². The molecule has 2 heterocycles. The molecule has 0 spiro atoms. The zero-order chi connectivity index (χ0) is 20.4. The molecule has 1 saturated heterocycles. The van der Waals surface area contributed by atoms with E-state index in [4.69, 9.17) is 4.74 Å². The molecule has 0 saturated carbocycles. The summed E-state index contributed by atoms with van der Waals surface area (Å²) in [6, 6.07) is 3.84. The number of nitrogens with one attached hydrogen (secondary N) is 1. The summed E-state index contributed by atoms with van der Waals surface area (Å²) in [5.41, 5.74) is 3.99. The van der Waals surface area contributed by atoms with E-state index < -0.39 is 11.6 Å². The first kappa shape index (κ1) is 20.3. The monoisotopic (exact) mass is 391 g/mol. The van der Waals surface area contributed by atoms with Gasteiger partial charge in [0.1, 0.15) is 5.69 Å². The smallest absolute Gasteiger partial charge is 0.268 e. The molecule has 0 radical (unpaired) electrons. The van der Waals surface area contributed by atoms with Crippen LogP contribution >= 0.6 is 0 Å². The fourth-order valence-corrected chi connectivity index (χ4v) is 3.78. The van der Waals surface area contributed by atoms with Crippen LogP contribution in [0.2, 0.25) is 0 Å². The van der Waals surface area contributed by atoms with Crippen LogP contribution in [0.25, 0.3) is 0 Å². The topological polar surface area (TPSA) is 46.5 Å². The summed E-state index contributed by atoms with van der Waals surface area (Å²) in [6.45, 7) is 10.8. The van der Waals surface area contributed by atoms with E-state index in [9.17, 15) is 13.6 Å². The van der Waals surface area contributed by atoms with Gasteiger partial charge in [-0.2, -0.15) is 0 Å². The van der Waals surface area contributed by atoms with Crippen LogP contribution in [-0.4, -0.2) is 42.8 Å². The zero-order valence-corrected chi connectivity index (χ0v) is 16.8. The number of halogens is 2. The maximum atomic E-state index is 13.7. The molecule has 0 unspecified atom stereocenters. The Bertz CT molecular complexity index is 871. The van der Waals surface area contributed by atoms with Gasteiger partial charge in [0.25, 0.3) is 5.91 Å². The number of benzene rings is 1. The minimum atomic E-state index is -0.888. The van der Waals surface area contributed by atoms with Crippen LogP contribution in [-0.2, 0) is 11.3 Å². The van der Waals surface area contributed by atoms with Gasteiger partial charge in [0.2, 0.25) is 0 Å². The Kier molecular flexibility index (Phi) is 6.03. The molecule has 7 heteroatoms. The summed E-state index contributed by atoms with van der Waals surface area (Å²) in [5, 5.41) is 2.95. The molecule has 152 valence electrons. The number of aromatic nitrogens is 1. The first-order valence-corrected chi connectivity index (χ1v) is 9.56. The first-order chi connectivity index (χ1) is 13.3. The Morgan fingerprint density at radius 1 is 1.18 bits per heavy atom. The summed E-state index contributed by atoms with van der Waals surface area (Å²) in [6.07, 6.45) is 0. The molecular formula is C21H27F2N3O2. The molecule has 0 atom stereocenters. The molecule has 2 aromatic rings. The van der Waals surface area contributed by atoms with Gasteiger partial charge in [-0.25, -0.2) is 8.78 Å². The van der Waals surface area contributed by atoms with Crippen molar-refractivity contribution in [2.45, 2.75) is 40.3 Å². The fraction of sp³-hybridized carbons (Fsp3) is 0.476. The van der Waals surface area contributed by atoms with E-state index in [-0.39, 0.29) is 18.5 Å². The number of anilines is 1. The average molecular weight is 391 g/mol. The molecule has 1 N–H and O–H groups in total. The Hall–Kier alpha value is -2.41. The highest BCUT2D eigenvalue weighted by Gasteiger charge is 2.27. The Morgan fingerprint density at radius 3 is 2.46 bits per heavy atom. The molecule has 5 nitrogen and oxygen atoms in total. The van der Waals surface area contributed by atoms with E-state index in [2.05, 4.69) is 10.2 Å². The molecule has 3 rings (SSSR count). The lowest BCUT2D eigenvalue weighted by atomic mass is 10.1. The number of morpholine rings is 1. The third-order valence-corrected chi connectivity index (χ3v) is 5.01. The highest BCUT2D eigenvalue weighted by atomic mass is 19.2. The standard InChI is InChI=1S/C21H27F2N3O2/c1-13(2)24-21(27)20-14(3)19(25-7-9-28-10-8-25)15(4)26(20)12-16-5-6-17(22)18(23)11-16/h5-6,11,13H,7-10,12H2,1-4H3,(H,24,27). The molecule has 1 fully saturated rings. The van der Waals surface area contributed by atoms with Gasteiger partial charge in [-0.3, -0.25) is 4.79 Å². The number of nitrogens with zero attached hydrogens (tertiary/aromatic N) is 2. The largest absolute Gasteiger partial charge is 0.378 e. The quantitative estimate of drug-likeness (QED) is 0.850. The number of hydrogen-bond acceptors (Lipinski definition) is 3. The lowest BCUT2D eigenvalue weighted by Crippen LogP contribution is -2.37. The van der Waals surface area contributed by atoms with Gasteiger partial charge < -0.3 is 19.5 Å². The molecule has 28 heavy (non-hydrogen) atoms. The fourth-order valence-electron chi connectivity index (χ4n) is 3.78. The van der Waals surface area contributed by atoms with Gasteiger partial charge in [-0.15, -0.1) is 0 Å². The minimum Gasteiger partial charge on any atom is -0.378 e. The zero-order valence-electron chi connectivity index (χ0n) is 16.8. The third-order valence-electron chi connectivity index (χ3n) is 5.01. The van der Waals surface area contributed by atoms with Crippen LogP contribution in [0.3, 0.4) is 0 Å². The Balaban J connectivity index is 2.06. The number of ether oxygens (including phenoxy) is 1. The van der Waals surface area contributed by atoms with Crippen LogP contribution in [0.5, 0.6) is 0 Å². The van der Waals surface area contributed by atoms with E-state index >= 15 is 0 Å². The van der Waals surface area contributed by atoms with Crippen molar-refractivity contribution in [2.24, 2.45) is 0 Å². The number of hydrogen-bond donors (Lipinski definition) is 1. The number of rotatable bonds is 5. The maximum absolute atomic E-state index is 13.7.